The van der Waals surface area contributed by atoms with Crippen LogP contribution < -0.4 is 11.1 Å². The Kier molecular flexibility index (Phi) is 5.02. The third-order valence-corrected chi connectivity index (χ3v) is 6.87. The summed E-state index contributed by atoms with van der Waals surface area (Å²) in [5.41, 5.74) is 7.04. The van der Waals surface area contributed by atoms with Crippen LogP contribution in [0.1, 0.15) is 12.1 Å². The lowest BCUT2D eigenvalue weighted by Crippen LogP contribution is -2.20. The summed E-state index contributed by atoms with van der Waals surface area (Å²) in [4.78, 5) is 12.5. The van der Waals surface area contributed by atoms with Crippen molar-refractivity contribution in [1.29, 1.82) is 0 Å². The first kappa shape index (κ1) is 17.6. The lowest BCUT2D eigenvalue weighted by atomic mass is 10.1. The van der Waals surface area contributed by atoms with Gasteiger partial charge in [0, 0.05) is 27.1 Å². The number of nitrogens with one attached hydrogen (secondary N) is 1. The van der Waals surface area contributed by atoms with Crippen LogP contribution >= 0.6 is 34.7 Å². The van der Waals surface area contributed by atoms with Gasteiger partial charge in [-0.05, 0) is 35.9 Å². The average Bonchev–Trinajstić information content (AvgIpc) is 3.26. The molecule has 1 saturated heterocycles. The SMILES string of the molecule is NC(=O)Cc1nnc(NC2CCSC2)c2cc(-c3cccc(Cl)c3)sc12. The van der Waals surface area contributed by atoms with E-state index in [4.69, 9.17) is 17.3 Å². The van der Waals surface area contributed by atoms with E-state index < -0.39 is 5.91 Å². The van der Waals surface area contributed by atoms with Gasteiger partial charge < -0.3 is 11.1 Å². The zero-order valence-electron chi connectivity index (χ0n) is 13.9. The van der Waals surface area contributed by atoms with Crippen molar-refractivity contribution >= 4 is 56.5 Å². The molecule has 8 heteroatoms. The molecule has 3 N–H and O–H groups in total. The van der Waals surface area contributed by atoms with Crippen molar-refractivity contribution < 1.29 is 4.79 Å². The number of hydrogen-bond donors (Lipinski definition) is 2. The van der Waals surface area contributed by atoms with E-state index >= 15 is 0 Å². The number of anilines is 1. The van der Waals surface area contributed by atoms with Crippen LogP contribution in [-0.2, 0) is 11.2 Å². The molecule has 2 aromatic heterocycles. The van der Waals surface area contributed by atoms with E-state index in [2.05, 4.69) is 21.6 Å². The molecule has 0 bridgehead atoms. The number of rotatable bonds is 5. The molecule has 1 aromatic carbocycles. The Labute approximate surface area is 164 Å². The summed E-state index contributed by atoms with van der Waals surface area (Å²) in [6.45, 7) is 0. The van der Waals surface area contributed by atoms with Crippen molar-refractivity contribution in [2.45, 2.75) is 18.9 Å². The number of primary amides is 1. The fourth-order valence-electron chi connectivity index (χ4n) is 3.00. The Morgan fingerprint density at radius 2 is 2.23 bits per heavy atom. The van der Waals surface area contributed by atoms with E-state index in [1.807, 2.05) is 36.0 Å². The minimum absolute atomic E-state index is 0.0819. The number of thioether (sulfide) groups is 1. The molecule has 1 aliphatic heterocycles. The summed E-state index contributed by atoms with van der Waals surface area (Å²) in [6, 6.07) is 10.2. The van der Waals surface area contributed by atoms with Crippen LogP contribution in [0.25, 0.3) is 20.5 Å². The molecule has 1 fully saturated rings. The first-order valence-electron chi connectivity index (χ1n) is 8.28. The van der Waals surface area contributed by atoms with E-state index in [0.717, 1.165) is 44.3 Å². The van der Waals surface area contributed by atoms with Gasteiger partial charge in [0.15, 0.2) is 5.82 Å². The number of hydrogen-bond acceptors (Lipinski definition) is 6. The summed E-state index contributed by atoms with van der Waals surface area (Å²) in [6.07, 6.45) is 1.20. The van der Waals surface area contributed by atoms with Crippen molar-refractivity contribution in [3.8, 4) is 10.4 Å². The quantitative estimate of drug-likeness (QED) is 0.672. The minimum Gasteiger partial charge on any atom is -0.369 e. The maximum absolute atomic E-state index is 11.4. The number of amides is 1. The van der Waals surface area contributed by atoms with E-state index in [9.17, 15) is 4.79 Å². The molecule has 5 nitrogen and oxygen atoms in total. The fraction of sp³-hybridized carbons (Fsp3) is 0.278. The average molecular weight is 405 g/mol. The predicted molar refractivity (Wildman–Crippen MR) is 110 cm³/mol. The van der Waals surface area contributed by atoms with Gasteiger partial charge in [-0.3, -0.25) is 4.79 Å². The van der Waals surface area contributed by atoms with Gasteiger partial charge in [0.2, 0.25) is 5.91 Å². The summed E-state index contributed by atoms with van der Waals surface area (Å²) in [5, 5.41) is 13.8. The van der Waals surface area contributed by atoms with Gasteiger partial charge in [-0.15, -0.1) is 16.4 Å². The Balaban J connectivity index is 1.81. The number of fused-ring (bicyclic) bond motifs is 1. The lowest BCUT2D eigenvalue weighted by Gasteiger charge is -2.12. The number of nitrogens with zero attached hydrogens (tertiary/aromatic N) is 2. The van der Waals surface area contributed by atoms with Crippen molar-refractivity contribution in [1.82, 2.24) is 10.2 Å². The lowest BCUT2D eigenvalue weighted by molar-refractivity contribution is -0.117. The normalized spacial score (nSPS) is 16.9. The van der Waals surface area contributed by atoms with E-state index in [1.54, 1.807) is 11.3 Å². The molecule has 1 unspecified atom stereocenters. The highest BCUT2D eigenvalue weighted by Crippen LogP contribution is 2.38. The number of halogens is 1. The molecule has 0 radical (unpaired) electrons. The standard InChI is InChI=1S/C18H17ClN4OS2/c19-11-3-1-2-10(6-11)15-7-13-17(26-15)14(8-16(20)24)22-23-18(13)21-12-4-5-25-9-12/h1-3,6-7,12H,4-5,8-9H2,(H2,20,24)(H,21,23). The second kappa shape index (κ2) is 7.42. The molecule has 26 heavy (non-hydrogen) atoms. The number of carbonyl (C=O) groups excluding carboxylic acids is 1. The van der Waals surface area contributed by atoms with Crippen LogP contribution in [0.15, 0.2) is 30.3 Å². The van der Waals surface area contributed by atoms with Gasteiger partial charge in [0.1, 0.15) is 0 Å². The molecule has 0 spiro atoms. The second-order valence-corrected chi connectivity index (χ2v) is 8.85. The first-order valence-corrected chi connectivity index (χ1v) is 10.6. The third-order valence-electron chi connectivity index (χ3n) is 4.24. The van der Waals surface area contributed by atoms with Crippen LogP contribution in [0, 0.1) is 0 Å². The Morgan fingerprint density at radius 1 is 1.35 bits per heavy atom. The summed E-state index contributed by atoms with van der Waals surface area (Å²) in [5.74, 6) is 2.58. The van der Waals surface area contributed by atoms with Crippen molar-refractivity contribution in [2.75, 3.05) is 16.8 Å². The summed E-state index contributed by atoms with van der Waals surface area (Å²) >= 11 is 9.67. The Morgan fingerprint density at radius 3 is 2.96 bits per heavy atom. The number of carbonyl (C=O) groups is 1. The maximum atomic E-state index is 11.4. The maximum Gasteiger partial charge on any atom is 0.223 e. The van der Waals surface area contributed by atoms with Crippen molar-refractivity contribution in [3.63, 3.8) is 0 Å². The second-order valence-electron chi connectivity index (χ2n) is 6.21. The largest absolute Gasteiger partial charge is 0.369 e. The van der Waals surface area contributed by atoms with Crippen molar-refractivity contribution in [3.05, 3.63) is 41.0 Å². The van der Waals surface area contributed by atoms with Crippen LogP contribution in [0.2, 0.25) is 5.02 Å². The summed E-state index contributed by atoms with van der Waals surface area (Å²) in [7, 11) is 0. The minimum atomic E-state index is -0.411. The molecular formula is C18H17ClN4OS2. The van der Waals surface area contributed by atoms with Gasteiger partial charge in [-0.25, -0.2) is 0 Å². The zero-order valence-corrected chi connectivity index (χ0v) is 16.3. The predicted octanol–water partition coefficient (Wildman–Crippen LogP) is 3.96. The molecular weight excluding hydrogens is 388 g/mol. The number of nitrogens with two attached hydrogens (primary N) is 1. The van der Waals surface area contributed by atoms with Gasteiger partial charge in [-0.2, -0.15) is 16.9 Å². The Bertz CT molecular complexity index is 969. The van der Waals surface area contributed by atoms with Crippen LogP contribution in [0.5, 0.6) is 0 Å². The van der Waals surface area contributed by atoms with Crippen LogP contribution in [-0.4, -0.2) is 33.7 Å². The topological polar surface area (TPSA) is 80.9 Å². The van der Waals surface area contributed by atoms with E-state index in [0.29, 0.717) is 16.8 Å². The molecule has 3 aromatic rings. The summed E-state index contributed by atoms with van der Waals surface area (Å²) < 4.78 is 0.946. The van der Waals surface area contributed by atoms with E-state index in [-0.39, 0.29) is 6.42 Å². The molecule has 1 atom stereocenters. The van der Waals surface area contributed by atoms with Gasteiger partial charge in [0.25, 0.3) is 0 Å². The van der Waals surface area contributed by atoms with Gasteiger partial charge in [0.05, 0.1) is 16.8 Å². The Hall–Kier alpha value is -1.83. The molecule has 0 saturated carbocycles. The molecule has 4 rings (SSSR count). The molecule has 1 aliphatic rings. The number of thiophene rings is 1. The number of aromatic nitrogens is 2. The van der Waals surface area contributed by atoms with Crippen LogP contribution in [0.3, 0.4) is 0 Å². The van der Waals surface area contributed by atoms with Gasteiger partial charge in [-0.1, -0.05) is 23.7 Å². The number of benzene rings is 1. The highest BCUT2D eigenvalue weighted by Gasteiger charge is 2.20. The zero-order chi connectivity index (χ0) is 18.1. The fourth-order valence-corrected chi connectivity index (χ4v) is 5.48. The molecule has 3 heterocycles. The third kappa shape index (κ3) is 3.65. The van der Waals surface area contributed by atoms with Crippen molar-refractivity contribution in [2.24, 2.45) is 5.73 Å². The monoisotopic (exact) mass is 404 g/mol. The van der Waals surface area contributed by atoms with Gasteiger partial charge >= 0.3 is 0 Å². The van der Waals surface area contributed by atoms with E-state index in [1.165, 1.54) is 0 Å². The highest BCUT2D eigenvalue weighted by molar-refractivity contribution is 7.99. The molecule has 0 aliphatic carbocycles. The van der Waals surface area contributed by atoms with Crippen LogP contribution in [0.4, 0.5) is 5.82 Å². The molecule has 134 valence electrons. The highest BCUT2D eigenvalue weighted by atomic mass is 35.5. The molecule has 1 amide bonds. The smallest absolute Gasteiger partial charge is 0.223 e. The first-order chi connectivity index (χ1) is 12.6.